The van der Waals surface area contributed by atoms with Crippen LogP contribution in [0.3, 0.4) is 0 Å². The summed E-state index contributed by atoms with van der Waals surface area (Å²) in [5.74, 6) is 1.81. The van der Waals surface area contributed by atoms with E-state index in [1.807, 2.05) is 66.7 Å². The maximum Gasteiger partial charge on any atom is 0.299 e. The van der Waals surface area contributed by atoms with Gasteiger partial charge in [-0.1, -0.05) is 42.5 Å². The predicted octanol–water partition coefficient (Wildman–Crippen LogP) is 4.46. The van der Waals surface area contributed by atoms with Gasteiger partial charge in [0.05, 0.1) is 24.0 Å². The fourth-order valence-corrected chi connectivity index (χ4v) is 4.63. The van der Waals surface area contributed by atoms with Gasteiger partial charge in [0, 0.05) is 17.5 Å². The summed E-state index contributed by atoms with van der Waals surface area (Å²) in [6.45, 7) is 1.05. The lowest BCUT2D eigenvalue weighted by Gasteiger charge is -2.08. The minimum Gasteiger partial charge on any atom is -0.454 e. The molecule has 3 heterocycles. The zero-order valence-corrected chi connectivity index (χ0v) is 18.7. The van der Waals surface area contributed by atoms with Crippen LogP contribution in [-0.2, 0) is 17.8 Å². The number of carbonyl (C=O) groups excluding carboxylic acids is 1. The number of hydrogen-bond donors (Lipinski definition) is 0. The summed E-state index contributed by atoms with van der Waals surface area (Å²) < 4.78 is 26.8. The van der Waals surface area contributed by atoms with E-state index in [1.165, 1.54) is 11.7 Å². The second kappa shape index (κ2) is 8.60. The molecule has 2 aromatic heterocycles. The number of ether oxygens (including phenoxy) is 3. The van der Waals surface area contributed by atoms with E-state index in [1.54, 1.807) is 4.68 Å². The van der Waals surface area contributed by atoms with Crippen LogP contribution < -0.4 is 14.2 Å². The molecule has 0 bridgehead atoms. The van der Waals surface area contributed by atoms with Gasteiger partial charge in [-0.3, -0.25) is 4.79 Å². The summed E-state index contributed by atoms with van der Waals surface area (Å²) in [4.78, 5) is 11.5. The number of carbonyl (C=O) groups is 1. The van der Waals surface area contributed by atoms with Crippen LogP contribution >= 0.6 is 11.7 Å². The van der Waals surface area contributed by atoms with Crippen molar-refractivity contribution in [1.29, 1.82) is 0 Å². The van der Waals surface area contributed by atoms with E-state index in [0.717, 1.165) is 39.0 Å². The van der Waals surface area contributed by atoms with E-state index >= 15 is 0 Å². The van der Waals surface area contributed by atoms with E-state index in [4.69, 9.17) is 19.3 Å². The molecule has 0 saturated heterocycles. The van der Waals surface area contributed by atoms with Crippen molar-refractivity contribution in [2.45, 2.75) is 13.0 Å². The zero-order valence-electron chi connectivity index (χ0n) is 17.9. The van der Waals surface area contributed by atoms with Gasteiger partial charge in [0.15, 0.2) is 11.5 Å². The number of hydrogen-bond acceptors (Lipinski definition) is 8. The molecule has 0 amide bonds. The van der Waals surface area contributed by atoms with Crippen molar-refractivity contribution in [3.8, 4) is 28.6 Å². The van der Waals surface area contributed by atoms with Gasteiger partial charge in [0.1, 0.15) is 11.0 Å². The number of nitrogens with zero attached hydrogens (tertiary/aromatic N) is 4. The first kappa shape index (κ1) is 20.4. The largest absolute Gasteiger partial charge is 0.454 e. The summed E-state index contributed by atoms with van der Waals surface area (Å²) in [6.07, 6.45) is 0.516. The molecule has 6 rings (SSSR count). The molecule has 1 aliphatic heterocycles. The molecule has 168 valence electrons. The molecule has 0 N–H and O–H groups in total. The number of aromatic nitrogens is 4. The van der Waals surface area contributed by atoms with E-state index in [2.05, 4.69) is 8.75 Å². The van der Waals surface area contributed by atoms with Crippen LogP contribution in [0.4, 0.5) is 0 Å². The van der Waals surface area contributed by atoms with Gasteiger partial charge in [-0.2, -0.15) is 13.8 Å². The minimum atomic E-state index is 0.210. The summed E-state index contributed by atoms with van der Waals surface area (Å²) in [5, 5.41) is 4.87. The van der Waals surface area contributed by atoms with Gasteiger partial charge in [-0.15, -0.1) is 0 Å². The predicted molar refractivity (Wildman–Crippen MR) is 126 cm³/mol. The van der Waals surface area contributed by atoms with E-state index in [0.29, 0.717) is 36.8 Å². The highest BCUT2D eigenvalue weighted by molar-refractivity contribution is 7.00. The summed E-state index contributed by atoms with van der Waals surface area (Å²) in [5.41, 5.74) is 6.19. The Hall–Kier alpha value is -4.24. The van der Waals surface area contributed by atoms with E-state index in [-0.39, 0.29) is 6.79 Å². The minimum absolute atomic E-state index is 0.210. The number of fused-ring (bicyclic) bond motifs is 2. The first-order valence-electron chi connectivity index (χ1n) is 10.6. The van der Waals surface area contributed by atoms with Gasteiger partial charge >= 0.3 is 0 Å². The molecule has 0 radical (unpaired) electrons. The average molecular weight is 471 g/mol. The standard InChI is InChI=1S/C25H18N4O4S/c30-14-31-25-19(10-16-6-8-20-21(11-16)28-34-27-20)24(18-4-2-1-3-5-18)26-29(25)13-17-7-9-22-23(12-17)33-15-32-22/h1-9,11-12,14H,10,13,15H2. The second-order valence-electron chi connectivity index (χ2n) is 7.82. The van der Waals surface area contributed by atoms with Gasteiger partial charge in [0.2, 0.25) is 12.7 Å². The van der Waals surface area contributed by atoms with Gasteiger partial charge < -0.3 is 14.2 Å². The fourth-order valence-electron chi connectivity index (χ4n) is 4.11. The lowest BCUT2D eigenvalue weighted by Crippen LogP contribution is -2.06. The molecule has 1 aliphatic rings. The SMILES string of the molecule is O=COc1c(Cc2ccc3nsnc3c2)c(-c2ccccc2)nn1Cc1ccc2c(c1)OCO2. The Morgan fingerprint density at radius 1 is 0.941 bits per heavy atom. The van der Waals surface area contributed by atoms with Crippen LogP contribution in [0.15, 0.2) is 66.7 Å². The highest BCUT2D eigenvalue weighted by Gasteiger charge is 2.22. The van der Waals surface area contributed by atoms with E-state index in [9.17, 15) is 4.79 Å². The topological polar surface area (TPSA) is 88.4 Å². The van der Waals surface area contributed by atoms with Crippen molar-refractivity contribution in [3.05, 3.63) is 83.4 Å². The van der Waals surface area contributed by atoms with Crippen LogP contribution in [-0.4, -0.2) is 31.8 Å². The first-order chi connectivity index (χ1) is 16.8. The quantitative estimate of drug-likeness (QED) is 0.325. The lowest BCUT2D eigenvalue weighted by molar-refractivity contribution is -0.121. The van der Waals surface area contributed by atoms with Gasteiger partial charge in [-0.25, -0.2) is 4.68 Å². The molecular formula is C25H18N4O4S. The maximum absolute atomic E-state index is 11.5. The molecule has 0 fully saturated rings. The summed E-state index contributed by atoms with van der Waals surface area (Å²) in [7, 11) is 0. The zero-order chi connectivity index (χ0) is 22.9. The molecule has 0 atom stereocenters. The van der Waals surface area contributed by atoms with Crippen molar-refractivity contribution in [3.63, 3.8) is 0 Å². The first-order valence-corrected chi connectivity index (χ1v) is 11.4. The molecule has 0 spiro atoms. The Kier molecular flexibility index (Phi) is 5.15. The number of benzene rings is 3. The fraction of sp³-hybridized carbons (Fsp3) is 0.120. The molecule has 5 aromatic rings. The van der Waals surface area contributed by atoms with Gasteiger partial charge in [-0.05, 0) is 35.4 Å². The normalized spacial score (nSPS) is 12.2. The Bertz CT molecular complexity index is 1500. The van der Waals surface area contributed by atoms with Crippen LogP contribution in [0.5, 0.6) is 17.4 Å². The maximum atomic E-state index is 11.5. The highest BCUT2D eigenvalue weighted by atomic mass is 32.1. The van der Waals surface area contributed by atoms with Crippen molar-refractivity contribution < 1.29 is 19.0 Å². The van der Waals surface area contributed by atoms with Crippen LogP contribution in [0.1, 0.15) is 16.7 Å². The molecule has 3 aromatic carbocycles. The van der Waals surface area contributed by atoms with Crippen LogP contribution in [0, 0.1) is 0 Å². The molecule has 9 heteroatoms. The highest BCUT2D eigenvalue weighted by Crippen LogP contribution is 2.36. The number of rotatable bonds is 7. The summed E-state index contributed by atoms with van der Waals surface area (Å²) >= 11 is 1.19. The van der Waals surface area contributed by atoms with Crippen LogP contribution in [0.25, 0.3) is 22.3 Å². The third-order valence-corrected chi connectivity index (χ3v) is 6.23. The third-order valence-electron chi connectivity index (χ3n) is 5.67. The average Bonchev–Trinajstić information content (AvgIpc) is 3.60. The second-order valence-corrected chi connectivity index (χ2v) is 8.35. The van der Waals surface area contributed by atoms with Gasteiger partial charge in [0.25, 0.3) is 6.47 Å². The smallest absolute Gasteiger partial charge is 0.299 e. The lowest BCUT2D eigenvalue weighted by atomic mass is 10.0. The molecular weight excluding hydrogens is 452 g/mol. The Labute approximate surface area is 198 Å². The molecule has 0 unspecified atom stereocenters. The Balaban J connectivity index is 1.45. The molecule has 0 aliphatic carbocycles. The van der Waals surface area contributed by atoms with E-state index < -0.39 is 0 Å². The molecule has 8 nitrogen and oxygen atoms in total. The molecule has 34 heavy (non-hydrogen) atoms. The van der Waals surface area contributed by atoms with Crippen molar-refractivity contribution in [2.24, 2.45) is 0 Å². The Morgan fingerprint density at radius 3 is 2.65 bits per heavy atom. The van der Waals surface area contributed by atoms with Crippen LogP contribution in [0.2, 0.25) is 0 Å². The van der Waals surface area contributed by atoms with Crippen molar-refractivity contribution >= 4 is 29.2 Å². The third kappa shape index (κ3) is 3.75. The Morgan fingerprint density at radius 2 is 1.76 bits per heavy atom. The van der Waals surface area contributed by atoms with Crippen molar-refractivity contribution in [1.82, 2.24) is 18.5 Å². The monoisotopic (exact) mass is 470 g/mol. The summed E-state index contributed by atoms with van der Waals surface area (Å²) in [6, 6.07) is 21.6. The van der Waals surface area contributed by atoms with Crippen molar-refractivity contribution in [2.75, 3.05) is 6.79 Å². The molecule has 0 saturated carbocycles.